The van der Waals surface area contributed by atoms with Gasteiger partial charge in [0.15, 0.2) is 0 Å². The van der Waals surface area contributed by atoms with E-state index in [-0.39, 0.29) is 6.04 Å². The van der Waals surface area contributed by atoms with Crippen LogP contribution in [0.25, 0.3) is 0 Å². The summed E-state index contributed by atoms with van der Waals surface area (Å²) in [6.45, 7) is 4.93. The average Bonchev–Trinajstić information content (AvgIpc) is 2.49. The highest BCUT2D eigenvalue weighted by atomic mass is 19.1. The Morgan fingerprint density at radius 3 is 2.52 bits per heavy atom. The van der Waals surface area contributed by atoms with Gasteiger partial charge in [-0.15, -0.1) is 0 Å². The minimum Gasteiger partial charge on any atom is -0.310 e. The van der Waals surface area contributed by atoms with Crippen molar-refractivity contribution in [3.05, 3.63) is 70.8 Å². The molecule has 0 radical (unpaired) electrons. The molecule has 0 spiro atoms. The van der Waals surface area contributed by atoms with Gasteiger partial charge in [-0.25, -0.2) is 8.78 Å². The van der Waals surface area contributed by atoms with Crippen molar-refractivity contribution in [2.75, 3.05) is 6.54 Å². The first kappa shape index (κ1) is 15.6. The summed E-state index contributed by atoms with van der Waals surface area (Å²) in [7, 11) is 0. The first-order valence-electron chi connectivity index (χ1n) is 7.40. The molecule has 2 rings (SSSR count). The van der Waals surface area contributed by atoms with Crippen molar-refractivity contribution in [3.63, 3.8) is 0 Å². The summed E-state index contributed by atoms with van der Waals surface area (Å²) in [5.41, 5.74) is 2.93. The maximum Gasteiger partial charge on any atom is 0.129 e. The van der Waals surface area contributed by atoms with E-state index in [4.69, 9.17) is 0 Å². The van der Waals surface area contributed by atoms with E-state index in [0.29, 0.717) is 12.0 Å². The lowest BCUT2D eigenvalue weighted by Crippen LogP contribution is -2.23. The fraction of sp³-hybridized carbons (Fsp3) is 0.333. The first-order chi connectivity index (χ1) is 10.1. The van der Waals surface area contributed by atoms with Crippen LogP contribution >= 0.6 is 0 Å². The van der Waals surface area contributed by atoms with Gasteiger partial charge in [0.1, 0.15) is 11.6 Å². The zero-order valence-corrected chi connectivity index (χ0v) is 12.5. The number of nitrogens with one attached hydrogen (secondary N) is 1. The van der Waals surface area contributed by atoms with E-state index in [0.717, 1.165) is 24.6 Å². The SMILES string of the molecule is CCNC(Cc1ccc(F)cc1F)c1cccc(CC)c1. The second kappa shape index (κ2) is 7.32. The molecule has 1 unspecified atom stereocenters. The van der Waals surface area contributed by atoms with Crippen LogP contribution in [0.4, 0.5) is 8.78 Å². The highest BCUT2D eigenvalue weighted by molar-refractivity contribution is 5.29. The normalized spacial score (nSPS) is 12.4. The van der Waals surface area contributed by atoms with Gasteiger partial charge in [-0.3, -0.25) is 0 Å². The molecule has 3 heteroatoms. The van der Waals surface area contributed by atoms with E-state index < -0.39 is 11.6 Å². The maximum atomic E-state index is 13.8. The van der Waals surface area contributed by atoms with Crippen LogP contribution in [0.5, 0.6) is 0 Å². The lowest BCUT2D eigenvalue weighted by Gasteiger charge is -2.19. The maximum absolute atomic E-state index is 13.8. The number of likely N-dealkylation sites (N-methyl/N-ethyl adjacent to an activating group) is 1. The van der Waals surface area contributed by atoms with E-state index in [1.807, 2.05) is 19.1 Å². The summed E-state index contributed by atoms with van der Waals surface area (Å²) in [6, 6.07) is 12.1. The minimum absolute atomic E-state index is 0.0291. The van der Waals surface area contributed by atoms with E-state index >= 15 is 0 Å². The molecule has 2 aromatic rings. The van der Waals surface area contributed by atoms with Gasteiger partial charge in [0.2, 0.25) is 0 Å². The smallest absolute Gasteiger partial charge is 0.129 e. The van der Waals surface area contributed by atoms with Crippen molar-refractivity contribution in [3.8, 4) is 0 Å². The van der Waals surface area contributed by atoms with Gasteiger partial charge < -0.3 is 5.32 Å². The Bertz CT molecular complexity index is 596. The number of benzene rings is 2. The molecule has 0 amide bonds. The molecule has 0 aliphatic carbocycles. The third-order valence-electron chi connectivity index (χ3n) is 3.65. The third kappa shape index (κ3) is 4.11. The number of aryl methyl sites for hydroxylation is 1. The number of hydrogen-bond acceptors (Lipinski definition) is 1. The van der Waals surface area contributed by atoms with Crippen LogP contribution in [0.3, 0.4) is 0 Å². The molecular weight excluding hydrogens is 268 g/mol. The number of hydrogen-bond donors (Lipinski definition) is 1. The van der Waals surface area contributed by atoms with Gasteiger partial charge in [-0.2, -0.15) is 0 Å². The highest BCUT2D eigenvalue weighted by Crippen LogP contribution is 2.22. The van der Waals surface area contributed by atoms with Crippen molar-refractivity contribution in [2.45, 2.75) is 32.7 Å². The summed E-state index contributed by atoms with van der Waals surface area (Å²) >= 11 is 0. The lowest BCUT2D eigenvalue weighted by molar-refractivity contribution is 0.521. The van der Waals surface area contributed by atoms with Crippen LogP contribution in [0.2, 0.25) is 0 Å². The van der Waals surface area contributed by atoms with Gasteiger partial charge in [-0.05, 0) is 42.1 Å². The zero-order valence-electron chi connectivity index (χ0n) is 12.5. The van der Waals surface area contributed by atoms with Crippen LogP contribution in [0.15, 0.2) is 42.5 Å². The molecule has 0 fully saturated rings. The van der Waals surface area contributed by atoms with E-state index in [9.17, 15) is 8.78 Å². The summed E-state index contributed by atoms with van der Waals surface area (Å²) in [6.07, 6.45) is 1.48. The number of rotatable bonds is 6. The second-order valence-electron chi connectivity index (χ2n) is 5.15. The Morgan fingerprint density at radius 2 is 1.86 bits per heavy atom. The van der Waals surface area contributed by atoms with Gasteiger partial charge in [0, 0.05) is 12.1 Å². The Balaban J connectivity index is 2.25. The molecule has 1 atom stereocenters. The van der Waals surface area contributed by atoms with Crippen molar-refractivity contribution in [2.24, 2.45) is 0 Å². The monoisotopic (exact) mass is 289 g/mol. The van der Waals surface area contributed by atoms with Crippen LogP contribution in [-0.2, 0) is 12.8 Å². The van der Waals surface area contributed by atoms with Crippen LogP contribution in [0, 0.1) is 11.6 Å². The van der Waals surface area contributed by atoms with Crippen LogP contribution in [-0.4, -0.2) is 6.54 Å². The zero-order chi connectivity index (χ0) is 15.2. The highest BCUT2D eigenvalue weighted by Gasteiger charge is 2.14. The van der Waals surface area contributed by atoms with Gasteiger partial charge in [-0.1, -0.05) is 44.2 Å². The third-order valence-corrected chi connectivity index (χ3v) is 3.65. The minimum atomic E-state index is -0.538. The second-order valence-corrected chi connectivity index (χ2v) is 5.15. The molecule has 21 heavy (non-hydrogen) atoms. The van der Waals surface area contributed by atoms with Gasteiger partial charge >= 0.3 is 0 Å². The van der Waals surface area contributed by atoms with Crippen LogP contribution < -0.4 is 5.32 Å². The summed E-state index contributed by atoms with van der Waals surface area (Å²) in [4.78, 5) is 0. The predicted octanol–water partition coefficient (Wildman–Crippen LogP) is 4.42. The predicted molar refractivity (Wildman–Crippen MR) is 82.3 cm³/mol. The molecule has 0 aliphatic rings. The summed E-state index contributed by atoms with van der Waals surface area (Å²) in [5.74, 6) is -1.02. The lowest BCUT2D eigenvalue weighted by atomic mass is 9.96. The molecule has 0 bridgehead atoms. The standard InChI is InChI=1S/C18H21F2N/c1-3-13-6-5-7-15(10-13)18(21-4-2)11-14-8-9-16(19)12-17(14)20/h5-10,12,18,21H,3-4,11H2,1-2H3. The largest absolute Gasteiger partial charge is 0.310 e. The molecule has 0 saturated heterocycles. The quantitative estimate of drug-likeness (QED) is 0.830. The number of halogens is 2. The summed E-state index contributed by atoms with van der Waals surface area (Å²) in [5, 5.41) is 3.38. The molecule has 0 aromatic heterocycles. The Hall–Kier alpha value is -1.74. The van der Waals surface area contributed by atoms with Crippen LogP contribution in [0.1, 0.15) is 36.6 Å². The molecular formula is C18H21F2N. The van der Waals surface area contributed by atoms with E-state index in [1.54, 1.807) is 0 Å². The van der Waals surface area contributed by atoms with Crippen molar-refractivity contribution >= 4 is 0 Å². The van der Waals surface area contributed by atoms with E-state index in [1.165, 1.54) is 17.7 Å². The molecule has 2 aromatic carbocycles. The Kier molecular flexibility index (Phi) is 5.45. The van der Waals surface area contributed by atoms with Gasteiger partial charge in [0.25, 0.3) is 0 Å². The fourth-order valence-corrected chi connectivity index (χ4v) is 2.49. The molecule has 1 nitrogen and oxygen atoms in total. The van der Waals surface area contributed by atoms with Gasteiger partial charge in [0.05, 0.1) is 0 Å². The van der Waals surface area contributed by atoms with Crippen molar-refractivity contribution in [1.82, 2.24) is 5.32 Å². The average molecular weight is 289 g/mol. The Labute approximate surface area is 125 Å². The molecule has 0 aliphatic heterocycles. The van der Waals surface area contributed by atoms with Crippen molar-refractivity contribution in [1.29, 1.82) is 0 Å². The molecule has 112 valence electrons. The fourth-order valence-electron chi connectivity index (χ4n) is 2.49. The molecule has 0 saturated carbocycles. The first-order valence-corrected chi connectivity index (χ1v) is 7.40. The van der Waals surface area contributed by atoms with Crippen molar-refractivity contribution < 1.29 is 8.78 Å². The Morgan fingerprint density at radius 1 is 1.05 bits per heavy atom. The summed E-state index contributed by atoms with van der Waals surface area (Å²) < 4.78 is 26.8. The van der Waals surface area contributed by atoms with E-state index in [2.05, 4.69) is 24.4 Å². The molecule has 0 heterocycles. The topological polar surface area (TPSA) is 12.0 Å². The molecule has 1 N–H and O–H groups in total.